The van der Waals surface area contributed by atoms with Gasteiger partial charge in [-0.3, -0.25) is 10.1 Å². The summed E-state index contributed by atoms with van der Waals surface area (Å²) >= 11 is 6.72. The fraction of sp³-hybridized carbons (Fsp3) is 0.500. The van der Waals surface area contributed by atoms with E-state index in [2.05, 4.69) is 31.9 Å². The maximum Gasteiger partial charge on any atom is 0.312 e. The molecule has 0 bridgehead atoms. The van der Waals surface area contributed by atoms with Gasteiger partial charge in [0.05, 0.1) is 11.5 Å². The molecule has 0 atom stereocenters. The van der Waals surface area contributed by atoms with E-state index in [1.54, 1.807) is 12.1 Å². The van der Waals surface area contributed by atoms with E-state index in [0.29, 0.717) is 16.8 Å². The number of nitro benzene ring substituents is 1. The molecule has 0 radical (unpaired) electrons. The lowest BCUT2D eigenvalue weighted by Crippen LogP contribution is -2.37. The Morgan fingerprint density at radius 2 is 2.17 bits per heavy atom. The normalized spacial score (nSPS) is 17.0. The van der Waals surface area contributed by atoms with E-state index in [-0.39, 0.29) is 11.1 Å². The molecule has 0 saturated heterocycles. The Labute approximate surface area is 122 Å². The van der Waals surface area contributed by atoms with Crippen molar-refractivity contribution in [1.29, 1.82) is 0 Å². The van der Waals surface area contributed by atoms with E-state index in [1.165, 1.54) is 12.5 Å². The van der Waals surface area contributed by atoms with Crippen molar-refractivity contribution in [2.24, 2.45) is 5.41 Å². The van der Waals surface area contributed by atoms with E-state index in [9.17, 15) is 10.1 Å². The van der Waals surface area contributed by atoms with Crippen LogP contribution in [-0.2, 0) is 0 Å². The van der Waals surface area contributed by atoms with Crippen molar-refractivity contribution >= 4 is 37.5 Å². The number of ether oxygens (including phenoxy) is 1. The van der Waals surface area contributed by atoms with Gasteiger partial charge < -0.3 is 4.74 Å². The van der Waals surface area contributed by atoms with Crippen LogP contribution < -0.4 is 4.74 Å². The maximum absolute atomic E-state index is 10.9. The largest absolute Gasteiger partial charge is 0.486 e. The Bertz CT molecular complexity index is 455. The molecular weight excluding hydrogens is 366 g/mol. The molecule has 98 valence electrons. The number of nitro groups is 1. The van der Waals surface area contributed by atoms with Crippen molar-refractivity contribution in [3.05, 3.63) is 32.8 Å². The van der Waals surface area contributed by atoms with Crippen molar-refractivity contribution < 1.29 is 9.66 Å². The molecule has 4 nitrogen and oxygen atoms in total. The van der Waals surface area contributed by atoms with Gasteiger partial charge in [0.2, 0.25) is 0 Å². The number of rotatable bonds is 5. The lowest BCUT2D eigenvalue weighted by atomic mass is 9.71. The highest BCUT2D eigenvalue weighted by molar-refractivity contribution is 9.10. The zero-order valence-corrected chi connectivity index (χ0v) is 12.9. The summed E-state index contributed by atoms with van der Waals surface area (Å²) in [5.41, 5.74) is 0.162. The van der Waals surface area contributed by atoms with Crippen LogP contribution >= 0.6 is 31.9 Å². The first kappa shape index (κ1) is 13.8. The summed E-state index contributed by atoms with van der Waals surface area (Å²) < 4.78 is 6.34. The summed E-state index contributed by atoms with van der Waals surface area (Å²) in [6.45, 7) is 0.528. The number of benzene rings is 1. The minimum atomic E-state index is -0.415. The summed E-state index contributed by atoms with van der Waals surface area (Å²) in [4.78, 5) is 10.5. The van der Waals surface area contributed by atoms with Crippen molar-refractivity contribution in [1.82, 2.24) is 0 Å². The average molecular weight is 379 g/mol. The summed E-state index contributed by atoms with van der Waals surface area (Å²) in [5.74, 6) is 0.343. The van der Waals surface area contributed by atoms with Crippen LogP contribution in [-0.4, -0.2) is 16.9 Å². The van der Waals surface area contributed by atoms with Gasteiger partial charge in [-0.1, -0.05) is 38.3 Å². The predicted molar refractivity (Wildman–Crippen MR) is 76.4 cm³/mol. The van der Waals surface area contributed by atoms with Gasteiger partial charge >= 0.3 is 5.69 Å². The fourth-order valence-electron chi connectivity index (χ4n) is 1.98. The zero-order valence-electron chi connectivity index (χ0n) is 9.70. The summed E-state index contributed by atoms with van der Waals surface area (Å²) in [7, 11) is 0. The average Bonchev–Trinajstić information content (AvgIpc) is 2.29. The molecule has 0 aromatic heterocycles. The van der Waals surface area contributed by atoms with Crippen LogP contribution in [0.1, 0.15) is 19.3 Å². The van der Waals surface area contributed by atoms with E-state index in [1.807, 2.05) is 0 Å². The monoisotopic (exact) mass is 377 g/mol. The molecule has 0 heterocycles. The van der Waals surface area contributed by atoms with E-state index in [4.69, 9.17) is 4.74 Å². The Kier molecular flexibility index (Phi) is 4.27. The van der Waals surface area contributed by atoms with Crippen molar-refractivity contribution in [2.75, 3.05) is 11.9 Å². The number of hydrogen-bond donors (Lipinski definition) is 0. The van der Waals surface area contributed by atoms with Crippen molar-refractivity contribution in [3.63, 3.8) is 0 Å². The first-order valence-corrected chi connectivity index (χ1v) is 7.60. The summed E-state index contributed by atoms with van der Waals surface area (Å²) in [6, 6.07) is 4.86. The number of nitrogens with zero attached hydrogens (tertiary/aromatic N) is 1. The van der Waals surface area contributed by atoms with E-state index < -0.39 is 4.92 Å². The van der Waals surface area contributed by atoms with Gasteiger partial charge in [0.25, 0.3) is 0 Å². The van der Waals surface area contributed by atoms with Crippen LogP contribution in [0.25, 0.3) is 0 Å². The highest BCUT2D eigenvalue weighted by Gasteiger charge is 2.37. The van der Waals surface area contributed by atoms with Gasteiger partial charge in [0.1, 0.15) is 0 Å². The second-order valence-corrected chi connectivity index (χ2v) is 6.12. The summed E-state index contributed by atoms with van der Waals surface area (Å²) in [5, 5.41) is 11.8. The molecule has 6 heteroatoms. The molecule has 0 aliphatic heterocycles. The first-order chi connectivity index (χ1) is 8.56. The Balaban J connectivity index is 2.11. The second kappa shape index (κ2) is 5.57. The number of hydrogen-bond acceptors (Lipinski definition) is 3. The van der Waals surface area contributed by atoms with Gasteiger partial charge in [-0.15, -0.1) is 0 Å². The molecule has 1 saturated carbocycles. The third kappa shape index (κ3) is 2.85. The zero-order chi connectivity index (χ0) is 13.2. The molecule has 0 amide bonds. The minimum Gasteiger partial charge on any atom is -0.486 e. The molecular formula is C12H13Br2NO3. The first-order valence-electron chi connectivity index (χ1n) is 5.69. The van der Waals surface area contributed by atoms with Gasteiger partial charge in [0.15, 0.2) is 5.75 Å². The molecule has 1 fully saturated rings. The second-order valence-electron chi connectivity index (χ2n) is 4.65. The Hall–Kier alpha value is -0.620. The lowest BCUT2D eigenvalue weighted by molar-refractivity contribution is -0.386. The summed E-state index contributed by atoms with van der Waals surface area (Å²) in [6.07, 6.45) is 3.43. The minimum absolute atomic E-state index is 0.00780. The number of alkyl halides is 1. The lowest BCUT2D eigenvalue weighted by Gasteiger charge is -2.39. The smallest absolute Gasteiger partial charge is 0.312 e. The van der Waals surface area contributed by atoms with Crippen molar-refractivity contribution in [3.8, 4) is 5.75 Å². The molecule has 18 heavy (non-hydrogen) atoms. The SMILES string of the molecule is O=[N+]([O-])c1cc(Br)ccc1OCC1(CBr)CCC1. The van der Waals surface area contributed by atoms with Gasteiger partial charge in [-0.25, -0.2) is 0 Å². The van der Waals surface area contributed by atoms with Crippen LogP contribution in [0.4, 0.5) is 5.69 Å². The van der Waals surface area contributed by atoms with E-state index >= 15 is 0 Å². The Morgan fingerprint density at radius 3 is 2.67 bits per heavy atom. The molecule has 2 rings (SSSR count). The van der Waals surface area contributed by atoms with Gasteiger partial charge in [-0.2, -0.15) is 0 Å². The van der Waals surface area contributed by atoms with Crippen LogP contribution in [0.15, 0.2) is 22.7 Å². The molecule has 0 spiro atoms. The predicted octanol–water partition coefficient (Wildman–Crippen LogP) is 4.30. The standard InChI is InChI=1S/C12H13Br2NO3/c13-7-12(4-1-5-12)8-18-11-3-2-9(14)6-10(11)15(16)17/h2-3,6H,1,4-5,7-8H2. The molecule has 1 aliphatic carbocycles. The van der Waals surface area contributed by atoms with Crippen molar-refractivity contribution in [2.45, 2.75) is 19.3 Å². The number of halogens is 2. The van der Waals surface area contributed by atoms with Crippen LogP contribution in [0.5, 0.6) is 5.75 Å². The maximum atomic E-state index is 10.9. The van der Waals surface area contributed by atoms with Crippen LogP contribution in [0.2, 0.25) is 0 Å². The molecule has 1 aromatic rings. The van der Waals surface area contributed by atoms with Crippen LogP contribution in [0.3, 0.4) is 0 Å². The fourth-order valence-corrected chi connectivity index (χ4v) is 3.05. The van der Waals surface area contributed by atoms with Crippen LogP contribution in [0, 0.1) is 15.5 Å². The van der Waals surface area contributed by atoms with E-state index in [0.717, 1.165) is 18.2 Å². The third-order valence-corrected chi connectivity index (χ3v) is 5.03. The highest BCUT2D eigenvalue weighted by atomic mass is 79.9. The Morgan fingerprint density at radius 1 is 1.44 bits per heavy atom. The molecule has 1 aromatic carbocycles. The topological polar surface area (TPSA) is 52.4 Å². The highest BCUT2D eigenvalue weighted by Crippen LogP contribution is 2.43. The quantitative estimate of drug-likeness (QED) is 0.436. The van der Waals surface area contributed by atoms with Gasteiger partial charge in [0, 0.05) is 21.3 Å². The van der Waals surface area contributed by atoms with Gasteiger partial charge in [-0.05, 0) is 25.0 Å². The third-order valence-electron chi connectivity index (χ3n) is 3.35. The molecule has 0 N–H and O–H groups in total. The molecule has 0 unspecified atom stereocenters. The molecule has 1 aliphatic rings.